The van der Waals surface area contributed by atoms with Gasteiger partial charge in [0.1, 0.15) is 17.3 Å². The van der Waals surface area contributed by atoms with Gasteiger partial charge in [-0.05, 0) is 39.3 Å². The van der Waals surface area contributed by atoms with Crippen molar-refractivity contribution in [3.8, 4) is 11.4 Å². The summed E-state index contributed by atoms with van der Waals surface area (Å²) in [6, 6.07) is 0.404. The van der Waals surface area contributed by atoms with Gasteiger partial charge in [-0.3, -0.25) is 4.98 Å². The summed E-state index contributed by atoms with van der Waals surface area (Å²) in [6.07, 6.45) is 13.0. The molecule has 2 aliphatic rings. The molecule has 2 N–H and O–H groups in total. The van der Waals surface area contributed by atoms with Crippen LogP contribution in [0.2, 0.25) is 0 Å². The van der Waals surface area contributed by atoms with E-state index in [0.717, 1.165) is 49.0 Å². The Labute approximate surface area is 153 Å². The van der Waals surface area contributed by atoms with Crippen LogP contribution in [0.3, 0.4) is 0 Å². The SMILES string of the molecule is CC(C)OC1C=Cn2c(-c3cncc(N[C@@H]4CCCNC4)n3)cnc2C1. The number of anilines is 1. The molecule has 0 amide bonds. The van der Waals surface area contributed by atoms with E-state index in [2.05, 4.69) is 45.1 Å². The number of hydrogen-bond acceptors (Lipinski definition) is 6. The van der Waals surface area contributed by atoms with Crippen LogP contribution < -0.4 is 10.6 Å². The van der Waals surface area contributed by atoms with E-state index in [1.807, 2.05) is 12.4 Å². The molecule has 2 aliphatic heterocycles. The van der Waals surface area contributed by atoms with Crippen molar-refractivity contribution in [1.29, 1.82) is 0 Å². The van der Waals surface area contributed by atoms with E-state index in [-0.39, 0.29) is 12.2 Å². The fourth-order valence-electron chi connectivity index (χ4n) is 3.52. The molecule has 0 aliphatic carbocycles. The maximum absolute atomic E-state index is 5.88. The first kappa shape index (κ1) is 17.2. The Kier molecular flexibility index (Phi) is 4.99. The van der Waals surface area contributed by atoms with Gasteiger partial charge in [-0.2, -0.15) is 0 Å². The Balaban J connectivity index is 1.52. The molecule has 0 aromatic carbocycles. The Morgan fingerprint density at radius 2 is 2.23 bits per heavy atom. The van der Waals surface area contributed by atoms with Crippen molar-refractivity contribution in [3.05, 3.63) is 30.5 Å². The van der Waals surface area contributed by atoms with Crippen LogP contribution in [0.25, 0.3) is 17.6 Å². The smallest absolute Gasteiger partial charge is 0.145 e. The van der Waals surface area contributed by atoms with Crippen molar-refractivity contribution in [2.45, 2.75) is 51.4 Å². The number of rotatable bonds is 5. The van der Waals surface area contributed by atoms with Gasteiger partial charge >= 0.3 is 0 Å². The van der Waals surface area contributed by atoms with Gasteiger partial charge in [0.15, 0.2) is 0 Å². The molecule has 2 aromatic heterocycles. The van der Waals surface area contributed by atoms with Crippen molar-refractivity contribution in [3.63, 3.8) is 0 Å². The fraction of sp³-hybridized carbons (Fsp3) is 0.526. The summed E-state index contributed by atoms with van der Waals surface area (Å²) in [6.45, 7) is 6.17. The largest absolute Gasteiger partial charge is 0.371 e. The molecule has 138 valence electrons. The Morgan fingerprint density at radius 1 is 1.31 bits per heavy atom. The van der Waals surface area contributed by atoms with Crippen molar-refractivity contribution in [1.82, 2.24) is 24.8 Å². The van der Waals surface area contributed by atoms with Crippen LogP contribution in [-0.2, 0) is 11.2 Å². The van der Waals surface area contributed by atoms with Crippen molar-refractivity contribution >= 4 is 12.0 Å². The lowest BCUT2D eigenvalue weighted by Gasteiger charge is -2.24. The predicted molar refractivity (Wildman–Crippen MR) is 102 cm³/mol. The minimum Gasteiger partial charge on any atom is -0.371 e. The lowest BCUT2D eigenvalue weighted by atomic mass is 10.1. The third-order valence-electron chi connectivity index (χ3n) is 4.70. The molecular weight excluding hydrogens is 328 g/mol. The zero-order valence-electron chi connectivity index (χ0n) is 15.4. The quantitative estimate of drug-likeness (QED) is 0.858. The van der Waals surface area contributed by atoms with Gasteiger partial charge in [-0.15, -0.1) is 0 Å². The van der Waals surface area contributed by atoms with Crippen LogP contribution in [0.15, 0.2) is 24.7 Å². The highest BCUT2D eigenvalue weighted by Crippen LogP contribution is 2.24. The molecule has 1 unspecified atom stereocenters. The summed E-state index contributed by atoms with van der Waals surface area (Å²) in [5.41, 5.74) is 1.78. The number of fused-ring (bicyclic) bond motifs is 1. The first-order valence-electron chi connectivity index (χ1n) is 9.38. The molecule has 26 heavy (non-hydrogen) atoms. The topological polar surface area (TPSA) is 76.9 Å². The molecule has 2 aromatic rings. The number of nitrogens with one attached hydrogen (secondary N) is 2. The Hall–Kier alpha value is -2.25. The van der Waals surface area contributed by atoms with Crippen LogP contribution in [0.5, 0.6) is 0 Å². The number of hydrogen-bond donors (Lipinski definition) is 2. The highest BCUT2D eigenvalue weighted by molar-refractivity contribution is 5.60. The summed E-state index contributed by atoms with van der Waals surface area (Å²) in [4.78, 5) is 13.7. The molecular formula is C19H26N6O. The van der Waals surface area contributed by atoms with E-state index < -0.39 is 0 Å². The van der Waals surface area contributed by atoms with E-state index in [1.165, 1.54) is 6.42 Å². The van der Waals surface area contributed by atoms with Gasteiger partial charge in [0, 0.05) is 25.2 Å². The summed E-state index contributed by atoms with van der Waals surface area (Å²) >= 11 is 0. The molecule has 0 spiro atoms. The standard InChI is InChI=1S/C19H26N6O/c1-13(2)26-15-5-7-25-17(11-22-19(25)8-15)16-10-21-12-18(24-16)23-14-4-3-6-20-9-14/h5,7,10-15,20H,3-4,6,8-9H2,1-2H3,(H,23,24)/t14-,15?/m1/s1. The lowest BCUT2D eigenvalue weighted by Crippen LogP contribution is -2.38. The summed E-state index contributed by atoms with van der Waals surface area (Å²) < 4.78 is 7.96. The Bertz CT molecular complexity index is 778. The zero-order chi connectivity index (χ0) is 17.9. The number of piperidine rings is 1. The van der Waals surface area contributed by atoms with Gasteiger partial charge in [-0.25, -0.2) is 9.97 Å². The van der Waals surface area contributed by atoms with Crippen molar-refractivity contribution in [2.24, 2.45) is 0 Å². The highest BCUT2D eigenvalue weighted by atomic mass is 16.5. The predicted octanol–water partition coefficient (Wildman–Crippen LogP) is 2.32. The molecule has 2 atom stereocenters. The third-order valence-corrected chi connectivity index (χ3v) is 4.70. The van der Waals surface area contributed by atoms with Gasteiger partial charge in [0.25, 0.3) is 0 Å². The molecule has 1 fully saturated rings. The molecule has 7 nitrogen and oxygen atoms in total. The van der Waals surface area contributed by atoms with E-state index >= 15 is 0 Å². The zero-order valence-corrected chi connectivity index (χ0v) is 15.4. The molecule has 0 bridgehead atoms. The van der Waals surface area contributed by atoms with Crippen molar-refractivity contribution < 1.29 is 4.74 Å². The average Bonchev–Trinajstić information content (AvgIpc) is 3.05. The normalized spacial score (nSPS) is 22.4. The van der Waals surface area contributed by atoms with Gasteiger partial charge in [0.2, 0.25) is 0 Å². The van der Waals surface area contributed by atoms with Gasteiger partial charge in [-0.1, -0.05) is 0 Å². The first-order valence-corrected chi connectivity index (χ1v) is 9.38. The van der Waals surface area contributed by atoms with Gasteiger partial charge in [0.05, 0.1) is 36.5 Å². The third kappa shape index (κ3) is 3.78. The van der Waals surface area contributed by atoms with Crippen LogP contribution >= 0.6 is 0 Å². The van der Waals surface area contributed by atoms with Crippen LogP contribution in [0.1, 0.15) is 32.5 Å². The summed E-state index contributed by atoms with van der Waals surface area (Å²) in [5.74, 6) is 1.80. The van der Waals surface area contributed by atoms with E-state index in [0.29, 0.717) is 6.04 Å². The minimum atomic E-state index is 0.0793. The highest BCUT2D eigenvalue weighted by Gasteiger charge is 2.21. The number of nitrogens with zero attached hydrogens (tertiary/aromatic N) is 4. The maximum Gasteiger partial charge on any atom is 0.145 e. The van der Waals surface area contributed by atoms with Gasteiger partial charge < -0.3 is 19.9 Å². The van der Waals surface area contributed by atoms with Crippen LogP contribution in [0, 0.1) is 0 Å². The number of ether oxygens (including phenoxy) is 1. The molecule has 7 heteroatoms. The molecule has 1 saturated heterocycles. The average molecular weight is 354 g/mol. The second kappa shape index (κ2) is 7.55. The Morgan fingerprint density at radius 3 is 3.04 bits per heavy atom. The molecule has 4 heterocycles. The lowest BCUT2D eigenvalue weighted by molar-refractivity contribution is 0.0340. The molecule has 0 saturated carbocycles. The summed E-state index contributed by atoms with van der Waals surface area (Å²) in [5, 5.41) is 6.90. The monoisotopic (exact) mass is 354 g/mol. The first-order chi connectivity index (χ1) is 12.7. The summed E-state index contributed by atoms with van der Waals surface area (Å²) in [7, 11) is 0. The van der Waals surface area contributed by atoms with E-state index in [4.69, 9.17) is 9.72 Å². The molecule has 0 radical (unpaired) electrons. The fourth-order valence-corrected chi connectivity index (χ4v) is 3.52. The van der Waals surface area contributed by atoms with E-state index in [1.54, 1.807) is 12.4 Å². The second-order valence-electron chi connectivity index (χ2n) is 7.18. The van der Waals surface area contributed by atoms with Crippen LogP contribution in [-0.4, -0.2) is 50.9 Å². The van der Waals surface area contributed by atoms with E-state index in [9.17, 15) is 0 Å². The minimum absolute atomic E-state index is 0.0793. The maximum atomic E-state index is 5.88. The van der Waals surface area contributed by atoms with Crippen LogP contribution in [0.4, 0.5) is 5.82 Å². The molecule has 4 rings (SSSR count). The van der Waals surface area contributed by atoms with Crippen molar-refractivity contribution in [2.75, 3.05) is 18.4 Å². The number of aromatic nitrogens is 4. The second-order valence-corrected chi connectivity index (χ2v) is 7.18. The number of imidazole rings is 1.